The van der Waals surface area contributed by atoms with E-state index in [0.717, 1.165) is 44.0 Å². The summed E-state index contributed by atoms with van der Waals surface area (Å²) in [5, 5.41) is 0. The van der Waals surface area contributed by atoms with Crippen molar-refractivity contribution in [1.29, 1.82) is 0 Å². The Hall–Kier alpha value is -2.37. The molecule has 2 aromatic rings. The summed E-state index contributed by atoms with van der Waals surface area (Å²) in [6, 6.07) is 17.9. The zero-order valence-corrected chi connectivity index (χ0v) is 16.0. The number of morpholine rings is 1. The van der Waals surface area contributed by atoms with Crippen molar-refractivity contribution in [2.24, 2.45) is 0 Å². The topological polar surface area (TPSA) is 58.8 Å². The number of nitrogens with two attached hydrogens (primary N) is 1. The van der Waals surface area contributed by atoms with Crippen molar-refractivity contribution in [1.82, 2.24) is 9.80 Å². The molecule has 1 atom stereocenters. The van der Waals surface area contributed by atoms with E-state index in [4.69, 9.17) is 10.5 Å². The van der Waals surface area contributed by atoms with Gasteiger partial charge in [0.05, 0.1) is 19.6 Å². The molecule has 5 nitrogen and oxygen atoms in total. The van der Waals surface area contributed by atoms with Crippen LogP contribution >= 0.6 is 0 Å². The van der Waals surface area contributed by atoms with Gasteiger partial charge in [0.1, 0.15) is 0 Å². The maximum absolute atomic E-state index is 13.1. The lowest BCUT2D eigenvalue weighted by Crippen LogP contribution is -2.48. The summed E-state index contributed by atoms with van der Waals surface area (Å²) in [4.78, 5) is 17.5. The van der Waals surface area contributed by atoms with Crippen LogP contribution in [0.1, 0.15) is 18.1 Å². The van der Waals surface area contributed by atoms with Crippen LogP contribution in [0.2, 0.25) is 0 Å². The van der Waals surface area contributed by atoms with Gasteiger partial charge in [0.15, 0.2) is 0 Å². The number of amides is 1. The minimum absolute atomic E-state index is 0.129. The molecule has 3 rings (SSSR count). The van der Waals surface area contributed by atoms with Gasteiger partial charge >= 0.3 is 0 Å². The predicted molar refractivity (Wildman–Crippen MR) is 108 cm³/mol. The van der Waals surface area contributed by atoms with Crippen LogP contribution in [0.15, 0.2) is 54.6 Å². The van der Waals surface area contributed by atoms with Gasteiger partial charge in [-0.25, -0.2) is 0 Å². The fourth-order valence-electron chi connectivity index (χ4n) is 3.44. The highest BCUT2D eigenvalue weighted by Gasteiger charge is 2.23. The number of carbonyl (C=O) groups excluding carboxylic acids is 1. The lowest BCUT2D eigenvalue weighted by Gasteiger charge is -2.35. The van der Waals surface area contributed by atoms with Crippen LogP contribution in [0, 0.1) is 0 Å². The smallest absolute Gasteiger partial charge is 0.227 e. The Morgan fingerprint density at radius 1 is 1.07 bits per heavy atom. The number of benzene rings is 2. The molecule has 5 heteroatoms. The minimum Gasteiger partial charge on any atom is -0.399 e. The van der Waals surface area contributed by atoms with E-state index in [9.17, 15) is 4.79 Å². The molecule has 0 radical (unpaired) electrons. The van der Waals surface area contributed by atoms with Crippen LogP contribution in [-0.4, -0.2) is 54.6 Å². The number of ether oxygens (including phenoxy) is 1. The Bertz CT molecular complexity index is 712. The highest BCUT2D eigenvalue weighted by atomic mass is 16.5. The first-order valence-electron chi connectivity index (χ1n) is 9.60. The van der Waals surface area contributed by atoms with Gasteiger partial charge in [-0.1, -0.05) is 42.5 Å². The van der Waals surface area contributed by atoms with E-state index in [2.05, 4.69) is 24.0 Å². The van der Waals surface area contributed by atoms with Crippen LogP contribution in [0.25, 0.3) is 0 Å². The van der Waals surface area contributed by atoms with Crippen LogP contribution in [0.3, 0.4) is 0 Å². The highest BCUT2D eigenvalue weighted by Crippen LogP contribution is 2.14. The fraction of sp³-hybridized carbons (Fsp3) is 0.409. The number of rotatable bonds is 7. The number of hydrogen-bond acceptors (Lipinski definition) is 4. The molecule has 0 aromatic heterocycles. The van der Waals surface area contributed by atoms with Crippen LogP contribution in [0.5, 0.6) is 0 Å². The second-order valence-corrected chi connectivity index (χ2v) is 7.19. The first-order chi connectivity index (χ1) is 13.1. The number of anilines is 1. The third-order valence-corrected chi connectivity index (χ3v) is 5.01. The van der Waals surface area contributed by atoms with E-state index < -0.39 is 0 Å². The summed E-state index contributed by atoms with van der Waals surface area (Å²) in [6.45, 7) is 7.02. The average Bonchev–Trinajstić information content (AvgIpc) is 2.69. The quantitative estimate of drug-likeness (QED) is 0.764. The molecule has 0 saturated carbocycles. The molecule has 144 valence electrons. The predicted octanol–water partition coefficient (Wildman–Crippen LogP) is 2.56. The molecule has 1 amide bonds. The van der Waals surface area contributed by atoms with Crippen molar-refractivity contribution in [3.8, 4) is 0 Å². The van der Waals surface area contributed by atoms with E-state index in [1.807, 2.05) is 47.4 Å². The van der Waals surface area contributed by atoms with E-state index in [0.29, 0.717) is 18.7 Å². The third-order valence-electron chi connectivity index (χ3n) is 5.01. The molecule has 1 heterocycles. The van der Waals surface area contributed by atoms with Crippen molar-refractivity contribution >= 4 is 11.6 Å². The molecule has 27 heavy (non-hydrogen) atoms. The molecule has 2 aromatic carbocycles. The molecule has 1 aliphatic heterocycles. The van der Waals surface area contributed by atoms with Gasteiger partial charge in [-0.05, 0) is 30.2 Å². The van der Waals surface area contributed by atoms with Gasteiger partial charge in [0.2, 0.25) is 5.91 Å². The molecule has 1 aliphatic rings. The molecule has 1 unspecified atom stereocenters. The van der Waals surface area contributed by atoms with Crippen molar-refractivity contribution in [2.45, 2.75) is 25.9 Å². The first kappa shape index (κ1) is 19.4. The maximum atomic E-state index is 13.1. The second-order valence-electron chi connectivity index (χ2n) is 7.19. The van der Waals surface area contributed by atoms with Crippen LogP contribution < -0.4 is 5.73 Å². The van der Waals surface area contributed by atoms with Gasteiger partial charge in [0.25, 0.3) is 0 Å². The summed E-state index contributed by atoms with van der Waals surface area (Å²) in [7, 11) is 0. The Kier molecular flexibility index (Phi) is 6.85. The number of nitrogen functional groups attached to an aromatic ring is 1. The molecule has 2 N–H and O–H groups in total. The summed E-state index contributed by atoms with van der Waals surface area (Å²) in [5.74, 6) is 0.143. The number of hydrogen-bond donors (Lipinski definition) is 1. The minimum atomic E-state index is 0.129. The van der Waals surface area contributed by atoms with E-state index >= 15 is 0 Å². The van der Waals surface area contributed by atoms with Gasteiger partial charge in [0, 0.05) is 37.9 Å². The van der Waals surface area contributed by atoms with Gasteiger partial charge in [-0.15, -0.1) is 0 Å². The molecule has 0 bridgehead atoms. The molecular formula is C22H29N3O2. The Labute approximate surface area is 161 Å². The summed E-state index contributed by atoms with van der Waals surface area (Å²) in [6.07, 6.45) is 0.389. The molecular weight excluding hydrogens is 338 g/mol. The van der Waals surface area contributed by atoms with Crippen LogP contribution in [0.4, 0.5) is 5.69 Å². The van der Waals surface area contributed by atoms with Crippen molar-refractivity contribution in [3.63, 3.8) is 0 Å². The highest BCUT2D eigenvalue weighted by molar-refractivity contribution is 5.79. The standard InChI is InChI=1S/C22H29N3O2/c1-18(16-24-11-13-27-14-12-24)25(17-20-5-3-2-4-6-20)22(26)15-19-7-9-21(23)10-8-19/h2-10,18H,11-17,23H2,1H3. The first-order valence-corrected chi connectivity index (χ1v) is 9.60. The van der Waals surface area contributed by atoms with Gasteiger partial charge in [-0.3, -0.25) is 9.69 Å². The Morgan fingerprint density at radius 2 is 1.74 bits per heavy atom. The summed E-state index contributed by atoms with van der Waals surface area (Å²) >= 11 is 0. The number of carbonyl (C=O) groups is 1. The molecule has 1 fully saturated rings. The Balaban J connectivity index is 1.71. The zero-order chi connectivity index (χ0) is 19.1. The Morgan fingerprint density at radius 3 is 2.41 bits per heavy atom. The fourth-order valence-corrected chi connectivity index (χ4v) is 3.44. The lowest BCUT2D eigenvalue weighted by molar-refractivity contribution is -0.133. The van der Waals surface area contributed by atoms with Crippen molar-refractivity contribution in [3.05, 3.63) is 65.7 Å². The van der Waals surface area contributed by atoms with Gasteiger partial charge in [-0.2, -0.15) is 0 Å². The summed E-state index contributed by atoms with van der Waals surface area (Å²) < 4.78 is 5.44. The lowest BCUT2D eigenvalue weighted by atomic mass is 10.1. The zero-order valence-electron chi connectivity index (χ0n) is 16.0. The van der Waals surface area contributed by atoms with Crippen molar-refractivity contribution in [2.75, 3.05) is 38.6 Å². The summed E-state index contributed by atoms with van der Waals surface area (Å²) in [5.41, 5.74) is 8.62. The van der Waals surface area contributed by atoms with Crippen LogP contribution in [-0.2, 0) is 22.5 Å². The second kappa shape index (κ2) is 9.53. The number of nitrogens with zero attached hydrogens (tertiary/aromatic N) is 2. The average molecular weight is 367 g/mol. The molecule has 0 spiro atoms. The van der Waals surface area contributed by atoms with E-state index in [1.165, 1.54) is 0 Å². The third kappa shape index (κ3) is 5.81. The van der Waals surface area contributed by atoms with Gasteiger partial charge < -0.3 is 15.4 Å². The monoisotopic (exact) mass is 367 g/mol. The molecule has 1 saturated heterocycles. The van der Waals surface area contributed by atoms with Crippen molar-refractivity contribution < 1.29 is 9.53 Å². The maximum Gasteiger partial charge on any atom is 0.227 e. The largest absolute Gasteiger partial charge is 0.399 e. The van der Waals surface area contributed by atoms with E-state index in [-0.39, 0.29) is 11.9 Å². The SMILES string of the molecule is CC(CN1CCOCC1)N(Cc1ccccc1)C(=O)Cc1ccc(N)cc1. The van der Waals surface area contributed by atoms with E-state index in [1.54, 1.807) is 0 Å². The molecule has 0 aliphatic carbocycles. The normalized spacial score (nSPS) is 16.0.